The molecule has 6 nitrogen and oxygen atoms in total. The Morgan fingerprint density at radius 3 is 2.86 bits per heavy atom. The van der Waals surface area contributed by atoms with Gasteiger partial charge in [0.15, 0.2) is 5.13 Å². The number of hydrogen-bond donors (Lipinski definition) is 0. The average molecular weight is 409 g/mol. The maximum absolute atomic E-state index is 13.4. The Hall–Kier alpha value is -2.93. The molecule has 7 heteroatoms. The summed E-state index contributed by atoms with van der Waals surface area (Å²) >= 11 is 1.56. The minimum atomic E-state index is -0.0675. The molecule has 0 saturated heterocycles. The molecule has 0 aliphatic carbocycles. The topological polar surface area (TPSA) is 64.2 Å². The molecule has 0 unspecified atom stereocenters. The summed E-state index contributed by atoms with van der Waals surface area (Å²) in [6, 6.07) is 8.03. The van der Waals surface area contributed by atoms with E-state index in [-0.39, 0.29) is 5.91 Å². The lowest BCUT2D eigenvalue weighted by Gasteiger charge is -2.19. The number of anilines is 1. The van der Waals surface area contributed by atoms with Crippen LogP contribution in [-0.2, 0) is 13.0 Å². The molecule has 4 aromatic rings. The predicted octanol–water partition coefficient (Wildman–Crippen LogP) is 5.00. The molecule has 1 amide bonds. The number of thiazole rings is 1. The molecule has 0 saturated carbocycles. The van der Waals surface area contributed by atoms with Gasteiger partial charge in [0.05, 0.1) is 22.1 Å². The Kier molecular flexibility index (Phi) is 5.49. The van der Waals surface area contributed by atoms with E-state index in [1.54, 1.807) is 28.8 Å². The average Bonchev–Trinajstić information content (AvgIpc) is 3.44. The van der Waals surface area contributed by atoms with Gasteiger partial charge in [0.2, 0.25) is 0 Å². The molecule has 150 valence electrons. The number of para-hydroxylation sites is 1. The third kappa shape index (κ3) is 3.96. The van der Waals surface area contributed by atoms with Crippen molar-refractivity contribution in [2.45, 2.75) is 40.2 Å². The van der Waals surface area contributed by atoms with Crippen molar-refractivity contribution in [2.24, 2.45) is 0 Å². The molecule has 4 rings (SSSR count). The van der Waals surface area contributed by atoms with E-state index in [9.17, 15) is 4.79 Å². The molecule has 0 aliphatic rings. The third-order valence-electron chi connectivity index (χ3n) is 4.98. The van der Waals surface area contributed by atoms with Crippen LogP contribution in [0.15, 0.2) is 47.4 Å². The number of aromatic nitrogens is 3. The van der Waals surface area contributed by atoms with Gasteiger partial charge < -0.3 is 8.98 Å². The number of carbonyl (C=O) groups excluding carboxylic acids is 1. The third-order valence-corrected chi connectivity index (χ3v) is 6.02. The molecule has 1 aromatic carbocycles. The summed E-state index contributed by atoms with van der Waals surface area (Å²) in [5.41, 5.74) is 2.79. The van der Waals surface area contributed by atoms with Crippen molar-refractivity contribution >= 4 is 32.6 Å². The van der Waals surface area contributed by atoms with Crippen molar-refractivity contribution in [1.82, 2.24) is 14.5 Å². The van der Waals surface area contributed by atoms with Crippen LogP contribution in [0.25, 0.3) is 10.2 Å². The van der Waals surface area contributed by atoms with Gasteiger partial charge in [0.1, 0.15) is 11.5 Å². The number of aryl methyl sites for hydroxylation is 4. The van der Waals surface area contributed by atoms with E-state index in [1.807, 2.05) is 30.7 Å². The van der Waals surface area contributed by atoms with Crippen LogP contribution in [0.5, 0.6) is 0 Å². The lowest BCUT2D eigenvalue weighted by molar-refractivity contribution is 0.0985. The van der Waals surface area contributed by atoms with Crippen LogP contribution in [0.4, 0.5) is 5.13 Å². The molecule has 0 atom stereocenters. The zero-order valence-electron chi connectivity index (χ0n) is 16.9. The number of hydrogen-bond acceptors (Lipinski definition) is 5. The van der Waals surface area contributed by atoms with Crippen molar-refractivity contribution < 1.29 is 9.21 Å². The van der Waals surface area contributed by atoms with Crippen molar-refractivity contribution in [1.29, 1.82) is 0 Å². The first-order valence-corrected chi connectivity index (χ1v) is 10.6. The van der Waals surface area contributed by atoms with E-state index < -0.39 is 0 Å². The number of benzene rings is 1. The van der Waals surface area contributed by atoms with Gasteiger partial charge in [-0.15, -0.1) is 0 Å². The van der Waals surface area contributed by atoms with Gasteiger partial charge in [-0.1, -0.05) is 30.4 Å². The largest absolute Gasteiger partial charge is 0.466 e. The molecule has 0 N–H and O–H groups in total. The molecular weight excluding hydrogens is 384 g/mol. The molecule has 0 aliphatic heterocycles. The normalized spacial score (nSPS) is 11.3. The molecule has 0 spiro atoms. The summed E-state index contributed by atoms with van der Waals surface area (Å²) < 4.78 is 8.72. The smallest absolute Gasteiger partial charge is 0.263 e. The molecule has 0 fully saturated rings. The second kappa shape index (κ2) is 8.21. The second-order valence-corrected chi connectivity index (χ2v) is 8.06. The summed E-state index contributed by atoms with van der Waals surface area (Å²) in [5.74, 6) is 1.31. The fraction of sp³-hybridized carbons (Fsp3) is 0.318. The number of furan rings is 1. The molecule has 3 heterocycles. The van der Waals surface area contributed by atoms with Gasteiger partial charge in [-0.25, -0.2) is 9.97 Å². The standard InChI is InChI=1S/C22H24N4O2S/c1-4-17-7-5-8-19-20(17)24-22(29-19)26(11-6-10-25-12-9-23-14-25)21(27)18-13-15(2)28-16(18)3/h5,7-9,12-14H,4,6,10-11H2,1-3H3. The Bertz CT molecular complexity index is 1130. The monoisotopic (exact) mass is 408 g/mol. The molecule has 0 bridgehead atoms. The SMILES string of the molecule is CCc1cccc2sc(N(CCCn3ccnc3)C(=O)c3cc(C)oc3C)nc12. The summed E-state index contributed by atoms with van der Waals surface area (Å²) in [5, 5.41) is 0.731. The first kappa shape index (κ1) is 19.4. The fourth-order valence-electron chi connectivity index (χ4n) is 3.50. The van der Waals surface area contributed by atoms with E-state index in [1.165, 1.54) is 5.56 Å². The molecule has 3 aromatic heterocycles. The van der Waals surface area contributed by atoms with E-state index in [4.69, 9.17) is 9.40 Å². The number of imidazole rings is 1. The zero-order chi connectivity index (χ0) is 20.4. The van der Waals surface area contributed by atoms with Gasteiger partial charge >= 0.3 is 0 Å². The zero-order valence-corrected chi connectivity index (χ0v) is 17.7. The summed E-state index contributed by atoms with van der Waals surface area (Å²) in [6.45, 7) is 7.18. The molecule has 0 radical (unpaired) electrons. The van der Waals surface area contributed by atoms with Crippen LogP contribution in [0.2, 0.25) is 0 Å². The van der Waals surface area contributed by atoms with Gasteiger partial charge in [-0.3, -0.25) is 9.69 Å². The summed E-state index contributed by atoms with van der Waals surface area (Å²) in [6.07, 6.45) is 7.20. The number of fused-ring (bicyclic) bond motifs is 1. The first-order chi connectivity index (χ1) is 14.1. The molecule has 29 heavy (non-hydrogen) atoms. The van der Waals surface area contributed by atoms with Gasteiger partial charge in [-0.2, -0.15) is 0 Å². The van der Waals surface area contributed by atoms with E-state index in [0.29, 0.717) is 17.9 Å². The highest BCUT2D eigenvalue weighted by atomic mass is 32.1. The molecular formula is C22H24N4O2S. The summed E-state index contributed by atoms with van der Waals surface area (Å²) in [7, 11) is 0. The van der Waals surface area contributed by atoms with Gasteiger partial charge in [0.25, 0.3) is 5.91 Å². The number of nitrogens with zero attached hydrogens (tertiary/aromatic N) is 4. The van der Waals surface area contributed by atoms with Crippen molar-refractivity contribution in [3.63, 3.8) is 0 Å². The number of amides is 1. The minimum Gasteiger partial charge on any atom is -0.466 e. The van der Waals surface area contributed by atoms with Gasteiger partial charge in [-0.05, 0) is 44.4 Å². The van der Waals surface area contributed by atoms with Crippen LogP contribution in [0.3, 0.4) is 0 Å². The van der Waals surface area contributed by atoms with E-state index in [2.05, 4.69) is 30.1 Å². The Balaban J connectivity index is 1.67. The number of rotatable bonds is 7. The lowest BCUT2D eigenvalue weighted by Crippen LogP contribution is -2.32. The highest BCUT2D eigenvalue weighted by Crippen LogP contribution is 2.32. The number of carbonyl (C=O) groups is 1. The van der Waals surface area contributed by atoms with Crippen LogP contribution >= 0.6 is 11.3 Å². The second-order valence-electron chi connectivity index (χ2n) is 7.05. The maximum atomic E-state index is 13.4. The van der Waals surface area contributed by atoms with Crippen molar-refractivity contribution in [3.05, 3.63) is 65.6 Å². The lowest BCUT2D eigenvalue weighted by atomic mass is 10.1. The Morgan fingerprint density at radius 1 is 1.31 bits per heavy atom. The Morgan fingerprint density at radius 2 is 2.17 bits per heavy atom. The van der Waals surface area contributed by atoms with Crippen molar-refractivity contribution in [2.75, 3.05) is 11.4 Å². The highest BCUT2D eigenvalue weighted by Gasteiger charge is 2.24. The summed E-state index contributed by atoms with van der Waals surface area (Å²) in [4.78, 5) is 24.1. The van der Waals surface area contributed by atoms with Crippen LogP contribution < -0.4 is 4.90 Å². The van der Waals surface area contributed by atoms with Crippen LogP contribution in [-0.4, -0.2) is 27.0 Å². The first-order valence-electron chi connectivity index (χ1n) is 9.80. The Labute approximate surface area is 173 Å². The van der Waals surface area contributed by atoms with E-state index >= 15 is 0 Å². The maximum Gasteiger partial charge on any atom is 0.263 e. The minimum absolute atomic E-state index is 0.0675. The van der Waals surface area contributed by atoms with E-state index in [0.717, 1.165) is 40.5 Å². The van der Waals surface area contributed by atoms with Crippen LogP contribution in [0, 0.1) is 13.8 Å². The van der Waals surface area contributed by atoms with Crippen molar-refractivity contribution in [3.8, 4) is 0 Å². The fourth-order valence-corrected chi connectivity index (χ4v) is 4.54. The highest BCUT2D eigenvalue weighted by molar-refractivity contribution is 7.22. The van der Waals surface area contributed by atoms with Gasteiger partial charge in [0, 0.05) is 25.5 Å². The van der Waals surface area contributed by atoms with Crippen LogP contribution in [0.1, 0.15) is 40.8 Å². The quantitative estimate of drug-likeness (QED) is 0.432. The predicted molar refractivity (Wildman–Crippen MR) is 116 cm³/mol.